The van der Waals surface area contributed by atoms with Crippen LogP contribution < -0.4 is 5.32 Å². The number of rotatable bonds is 4. The van der Waals surface area contributed by atoms with Crippen LogP contribution in [0.1, 0.15) is 30.9 Å². The van der Waals surface area contributed by atoms with Crippen molar-refractivity contribution >= 4 is 15.9 Å². The normalized spacial score (nSPS) is 22.1. The maximum Gasteiger partial charge on any atom is 0.0345 e. The minimum absolute atomic E-state index is 0.531. The van der Waals surface area contributed by atoms with Gasteiger partial charge in [0.2, 0.25) is 0 Å². The molecular formula is C15H23BrN2. The van der Waals surface area contributed by atoms with E-state index < -0.39 is 0 Å². The largest absolute Gasteiger partial charge is 0.316 e. The molecule has 0 saturated carbocycles. The lowest BCUT2D eigenvalue weighted by Crippen LogP contribution is -2.33. The average molecular weight is 311 g/mol. The summed E-state index contributed by atoms with van der Waals surface area (Å²) in [6, 6.07) is 9.30. The van der Waals surface area contributed by atoms with Crippen LogP contribution in [0.15, 0.2) is 28.7 Å². The van der Waals surface area contributed by atoms with Gasteiger partial charge in [0.15, 0.2) is 0 Å². The van der Waals surface area contributed by atoms with Gasteiger partial charge in [-0.3, -0.25) is 0 Å². The lowest BCUT2D eigenvalue weighted by molar-refractivity contribution is 0.225. The molecule has 1 aliphatic heterocycles. The number of nitrogens with zero attached hydrogens (tertiary/aromatic N) is 1. The maximum atomic E-state index is 3.51. The summed E-state index contributed by atoms with van der Waals surface area (Å²) in [5.41, 5.74) is 1.42. The number of halogens is 1. The Hall–Kier alpha value is -0.380. The molecule has 1 N–H and O–H groups in total. The number of hydrogen-bond donors (Lipinski definition) is 1. The summed E-state index contributed by atoms with van der Waals surface area (Å²) < 4.78 is 1.16. The maximum absolute atomic E-state index is 3.51. The molecule has 18 heavy (non-hydrogen) atoms. The Morgan fingerprint density at radius 2 is 2.06 bits per heavy atom. The molecule has 1 heterocycles. The first-order valence-electron chi connectivity index (χ1n) is 6.79. The van der Waals surface area contributed by atoms with Crippen molar-refractivity contribution in [2.24, 2.45) is 5.92 Å². The van der Waals surface area contributed by atoms with E-state index in [1.807, 2.05) is 0 Å². The lowest BCUT2D eigenvalue weighted by Gasteiger charge is -2.31. The molecule has 100 valence electrons. The molecule has 2 atom stereocenters. The van der Waals surface area contributed by atoms with Crippen molar-refractivity contribution in [2.45, 2.75) is 25.3 Å². The second-order valence-electron chi connectivity index (χ2n) is 5.48. The summed E-state index contributed by atoms with van der Waals surface area (Å²) >= 11 is 3.51. The quantitative estimate of drug-likeness (QED) is 0.916. The van der Waals surface area contributed by atoms with E-state index in [4.69, 9.17) is 0 Å². The molecule has 0 radical (unpaired) electrons. The van der Waals surface area contributed by atoms with E-state index in [1.165, 1.54) is 37.9 Å². The Bertz CT molecular complexity index is 355. The molecule has 0 bridgehead atoms. The molecule has 0 aromatic heterocycles. The highest BCUT2D eigenvalue weighted by atomic mass is 79.9. The van der Waals surface area contributed by atoms with Crippen molar-refractivity contribution in [1.82, 2.24) is 10.2 Å². The van der Waals surface area contributed by atoms with Gasteiger partial charge in [0.05, 0.1) is 0 Å². The van der Waals surface area contributed by atoms with Gasteiger partial charge in [-0.05, 0) is 70.1 Å². The molecule has 2 rings (SSSR count). The van der Waals surface area contributed by atoms with Crippen molar-refractivity contribution in [3.63, 3.8) is 0 Å². The monoisotopic (exact) mass is 310 g/mol. The van der Waals surface area contributed by atoms with Crippen LogP contribution in [0.5, 0.6) is 0 Å². The molecule has 0 spiro atoms. The molecule has 1 fully saturated rings. The Morgan fingerprint density at radius 1 is 1.33 bits per heavy atom. The van der Waals surface area contributed by atoms with Crippen molar-refractivity contribution in [3.05, 3.63) is 34.3 Å². The van der Waals surface area contributed by atoms with Gasteiger partial charge in [0.1, 0.15) is 0 Å². The molecule has 3 heteroatoms. The third-order valence-corrected chi connectivity index (χ3v) is 4.36. The first-order chi connectivity index (χ1) is 8.66. The van der Waals surface area contributed by atoms with Crippen molar-refractivity contribution in [1.29, 1.82) is 0 Å². The third kappa shape index (κ3) is 3.81. The number of benzene rings is 1. The van der Waals surface area contributed by atoms with Gasteiger partial charge in [-0.25, -0.2) is 0 Å². The topological polar surface area (TPSA) is 15.3 Å². The van der Waals surface area contributed by atoms with Crippen LogP contribution in [-0.2, 0) is 0 Å². The Balaban J connectivity index is 2.05. The van der Waals surface area contributed by atoms with Gasteiger partial charge in [-0.15, -0.1) is 0 Å². The summed E-state index contributed by atoms with van der Waals surface area (Å²) in [5.74, 6) is 0.815. The summed E-state index contributed by atoms with van der Waals surface area (Å²) in [4.78, 5) is 2.35. The van der Waals surface area contributed by atoms with Gasteiger partial charge in [0.25, 0.3) is 0 Å². The molecule has 1 aliphatic rings. The SMILES string of the molecule is CN(C)C(CC1CCCNC1)c1ccc(Br)cc1. The van der Waals surface area contributed by atoms with E-state index in [0.717, 1.165) is 10.4 Å². The smallest absolute Gasteiger partial charge is 0.0345 e. The fourth-order valence-corrected chi connectivity index (χ4v) is 3.04. The Kier molecular flexibility index (Phi) is 5.22. The van der Waals surface area contributed by atoms with E-state index in [2.05, 4.69) is 64.5 Å². The van der Waals surface area contributed by atoms with Gasteiger partial charge >= 0.3 is 0 Å². The molecular weight excluding hydrogens is 288 g/mol. The minimum Gasteiger partial charge on any atom is -0.316 e. The summed E-state index contributed by atoms with van der Waals surface area (Å²) in [5, 5.41) is 3.51. The van der Waals surface area contributed by atoms with Gasteiger partial charge in [-0.2, -0.15) is 0 Å². The van der Waals surface area contributed by atoms with Crippen molar-refractivity contribution in [3.8, 4) is 0 Å². The van der Waals surface area contributed by atoms with E-state index in [9.17, 15) is 0 Å². The zero-order chi connectivity index (χ0) is 13.0. The molecule has 1 aromatic carbocycles. The lowest BCUT2D eigenvalue weighted by atomic mass is 9.89. The first-order valence-corrected chi connectivity index (χ1v) is 7.58. The highest BCUT2D eigenvalue weighted by molar-refractivity contribution is 9.10. The standard InChI is InChI=1S/C15H23BrN2/c1-18(2)15(10-12-4-3-9-17-11-12)13-5-7-14(16)8-6-13/h5-8,12,15,17H,3-4,9-11H2,1-2H3. The van der Waals surface area contributed by atoms with Crippen LogP contribution in [0, 0.1) is 5.92 Å². The van der Waals surface area contributed by atoms with Crippen LogP contribution in [0.4, 0.5) is 0 Å². The minimum atomic E-state index is 0.531. The Labute approximate surface area is 119 Å². The highest BCUT2D eigenvalue weighted by Crippen LogP contribution is 2.29. The Morgan fingerprint density at radius 3 is 2.61 bits per heavy atom. The zero-order valence-electron chi connectivity index (χ0n) is 11.3. The van der Waals surface area contributed by atoms with Gasteiger partial charge in [0, 0.05) is 10.5 Å². The molecule has 0 aliphatic carbocycles. The highest BCUT2D eigenvalue weighted by Gasteiger charge is 2.21. The number of hydrogen-bond acceptors (Lipinski definition) is 2. The van der Waals surface area contributed by atoms with Crippen LogP contribution >= 0.6 is 15.9 Å². The van der Waals surface area contributed by atoms with E-state index in [1.54, 1.807) is 0 Å². The van der Waals surface area contributed by atoms with Gasteiger partial charge in [-0.1, -0.05) is 28.1 Å². The molecule has 1 aromatic rings. The molecule has 2 nitrogen and oxygen atoms in total. The second kappa shape index (κ2) is 6.69. The molecule has 1 saturated heterocycles. The predicted molar refractivity (Wildman–Crippen MR) is 80.8 cm³/mol. The summed E-state index contributed by atoms with van der Waals surface area (Å²) in [6.45, 7) is 2.38. The zero-order valence-corrected chi connectivity index (χ0v) is 12.9. The third-order valence-electron chi connectivity index (χ3n) is 3.83. The number of piperidine rings is 1. The van der Waals surface area contributed by atoms with Gasteiger partial charge < -0.3 is 10.2 Å². The fourth-order valence-electron chi connectivity index (χ4n) is 2.77. The average Bonchev–Trinajstić information content (AvgIpc) is 2.38. The van der Waals surface area contributed by atoms with Crippen molar-refractivity contribution in [2.75, 3.05) is 27.2 Å². The summed E-state index contributed by atoms with van der Waals surface area (Å²) in [7, 11) is 4.37. The van der Waals surface area contributed by atoms with Crippen molar-refractivity contribution < 1.29 is 0 Å². The van der Waals surface area contributed by atoms with Crippen LogP contribution in [0.25, 0.3) is 0 Å². The fraction of sp³-hybridized carbons (Fsp3) is 0.600. The first kappa shape index (κ1) is 14.0. The predicted octanol–water partition coefficient (Wildman–Crippen LogP) is 3.44. The summed E-state index contributed by atoms with van der Waals surface area (Å²) in [6.07, 6.45) is 3.95. The molecule has 0 amide bonds. The number of nitrogens with one attached hydrogen (secondary N) is 1. The van der Waals surface area contributed by atoms with E-state index >= 15 is 0 Å². The molecule has 2 unspecified atom stereocenters. The van der Waals surface area contributed by atoms with Crippen LogP contribution in [0.3, 0.4) is 0 Å². The van der Waals surface area contributed by atoms with Crippen LogP contribution in [0.2, 0.25) is 0 Å². The van der Waals surface area contributed by atoms with E-state index in [0.29, 0.717) is 6.04 Å². The van der Waals surface area contributed by atoms with E-state index in [-0.39, 0.29) is 0 Å². The van der Waals surface area contributed by atoms with Crippen LogP contribution in [-0.4, -0.2) is 32.1 Å². The second-order valence-corrected chi connectivity index (χ2v) is 6.39.